The van der Waals surface area contributed by atoms with Crippen molar-refractivity contribution in [2.75, 3.05) is 5.32 Å². The van der Waals surface area contributed by atoms with Gasteiger partial charge in [-0.05, 0) is 35.7 Å². The van der Waals surface area contributed by atoms with Crippen molar-refractivity contribution in [2.24, 2.45) is 0 Å². The minimum Gasteiger partial charge on any atom is -0.448 e. The number of hydrogen-bond donors (Lipinski definition) is 1. The molecule has 22 heavy (non-hydrogen) atoms. The molecule has 4 heteroatoms. The Morgan fingerprint density at radius 1 is 1.18 bits per heavy atom. The van der Waals surface area contributed by atoms with Gasteiger partial charge in [-0.3, -0.25) is 4.79 Å². The van der Waals surface area contributed by atoms with Crippen LogP contribution in [0.4, 0.5) is 5.69 Å². The molecule has 0 bridgehead atoms. The molecule has 1 atom stereocenters. The fourth-order valence-corrected chi connectivity index (χ4v) is 2.52. The lowest BCUT2D eigenvalue weighted by molar-refractivity contribution is -0.125. The summed E-state index contributed by atoms with van der Waals surface area (Å²) in [7, 11) is 0. The molecule has 0 spiro atoms. The van der Waals surface area contributed by atoms with Crippen LogP contribution in [-0.2, 0) is 22.4 Å². The molecule has 0 unspecified atom stereocenters. The number of fused-ring (bicyclic) bond motifs is 1. The highest BCUT2D eigenvalue weighted by molar-refractivity contribution is 6.00. The average Bonchev–Trinajstić information content (AvgIpc) is 2.55. The zero-order valence-corrected chi connectivity index (χ0v) is 12.3. The number of hydrogen-bond acceptors (Lipinski definition) is 3. The zero-order valence-electron chi connectivity index (χ0n) is 12.3. The number of anilines is 1. The Labute approximate surface area is 129 Å². The number of benzene rings is 2. The molecule has 1 N–H and O–H groups in total. The normalized spacial score (nSPS) is 16.6. The van der Waals surface area contributed by atoms with Gasteiger partial charge >= 0.3 is 5.97 Å². The van der Waals surface area contributed by atoms with Crippen LogP contribution in [0.3, 0.4) is 0 Å². The Balaban J connectivity index is 1.72. The topological polar surface area (TPSA) is 55.4 Å². The molecule has 0 saturated carbocycles. The summed E-state index contributed by atoms with van der Waals surface area (Å²) >= 11 is 0. The molecule has 4 nitrogen and oxygen atoms in total. The standard InChI is InChI=1S/C18H17NO3/c1-2-12-7-9-14(10-8-12)19-17(20)16-11-13-5-3-4-6-15(13)18(21)22-16/h3-10,16H,2,11H2,1H3,(H,19,20)/t16-/m0/s1. The van der Waals surface area contributed by atoms with Crippen molar-refractivity contribution in [2.45, 2.75) is 25.9 Å². The monoisotopic (exact) mass is 295 g/mol. The quantitative estimate of drug-likeness (QED) is 0.886. The van der Waals surface area contributed by atoms with Crippen LogP contribution in [0.2, 0.25) is 0 Å². The number of carbonyl (C=O) groups excluding carboxylic acids is 2. The summed E-state index contributed by atoms with van der Waals surface area (Å²) in [5.74, 6) is -0.740. The van der Waals surface area contributed by atoms with Gasteiger partial charge in [-0.2, -0.15) is 0 Å². The SMILES string of the molecule is CCc1ccc(NC(=O)[C@@H]2Cc3ccccc3C(=O)O2)cc1. The van der Waals surface area contributed by atoms with Gasteiger partial charge < -0.3 is 10.1 Å². The molecular weight excluding hydrogens is 278 g/mol. The van der Waals surface area contributed by atoms with Gasteiger partial charge in [-0.25, -0.2) is 4.79 Å². The molecule has 0 aromatic heterocycles. The van der Waals surface area contributed by atoms with Crippen LogP contribution in [-0.4, -0.2) is 18.0 Å². The van der Waals surface area contributed by atoms with Crippen molar-refractivity contribution in [3.05, 3.63) is 65.2 Å². The van der Waals surface area contributed by atoms with E-state index in [4.69, 9.17) is 4.74 Å². The van der Waals surface area contributed by atoms with Crippen LogP contribution < -0.4 is 5.32 Å². The molecule has 2 aromatic carbocycles. The van der Waals surface area contributed by atoms with Gasteiger partial charge in [0.15, 0.2) is 6.10 Å². The van der Waals surface area contributed by atoms with E-state index >= 15 is 0 Å². The minimum absolute atomic E-state index is 0.299. The van der Waals surface area contributed by atoms with Crippen LogP contribution in [0, 0.1) is 0 Å². The first-order valence-electron chi connectivity index (χ1n) is 7.36. The first-order valence-corrected chi connectivity index (χ1v) is 7.36. The van der Waals surface area contributed by atoms with E-state index in [9.17, 15) is 9.59 Å². The van der Waals surface area contributed by atoms with Crippen molar-refractivity contribution in [1.29, 1.82) is 0 Å². The second kappa shape index (κ2) is 6.02. The molecule has 3 rings (SSSR count). The lowest BCUT2D eigenvalue weighted by atomic mass is 9.98. The number of cyclic esters (lactones) is 1. The summed E-state index contributed by atoms with van der Waals surface area (Å²) in [6.07, 6.45) is 0.569. The van der Waals surface area contributed by atoms with Gasteiger partial charge in [0.05, 0.1) is 5.56 Å². The number of esters is 1. The van der Waals surface area contributed by atoms with Crippen molar-refractivity contribution in [1.82, 2.24) is 0 Å². The van der Waals surface area contributed by atoms with E-state index in [1.807, 2.05) is 36.4 Å². The van der Waals surface area contributed by atoms with Crippen molar-refractivity contribution in [3.63, 3.8) is 0 Å². The van der Waals surface area contributed by atoms with Crippen LogP contribution in [0.5, 0.6) is 0 Å². The Bertz CT molecular complexity index is 707. The van der Waals surface area contributed by atoms with Gasteiger partial charge in [-0.1, -0.05) is 37.3 Å². The van der Waals surface area contributed by atoms with E-state index in [0.717, 1.165) is 12.0 Å². The Morgan fingerprint density at radius 3 is 2.64 bits per heavy atom. The largest absolute Gasteiger partial charge is 0.448 e. The Kier molecular flexibility index (Phi) is 3.92. The van der Waals surface area contributed by atoms with Gasteiger partial charge in [0.25, 0.3) is 5.91 Å². The first-order chi connectivity index (χ1) is 10.7. The van der Waals surface area contributed by atoms with Crippen LogP contribution >= 0.6 is 0 Å². The molecule has 1 aliphatic heterocycles. The van der Waals surface area contributed by atoms with E-state index in [2.05, 4.69) is 12.2 Å². The zero-order chi connectivity index (χ0) is 15.5. The average molecular weight is 295 g/mol. The number of nitrogens with one attached hydrogen (secondary N) is 1. The highest BCUT2D eigenvalue weighted by atomic mass is 16.5. The smallest absolute Gasteiger partial charge is 0.339 e. The number of ether oxygens (including phenoxy) is 1. The highest BCUT2D eigenvalue weighted by Gasteiger charge is 2.30. The summed E-state index contributed by atoms with van der Waals surface area (Å²) in [6, 6.07) is 14.9. The second-order valence-electron chi connectivity index (χ2n) is 5.29. The molecular formula is C18H17NO3. The molecule has 1 aliphatic rings. The molecule has 0 saturated heterocycles. The maximum absolute atomic E-state index is 12.3. The summed E-state index contributed by atoms with van der Waals surface area (Å²) in [5.41, 5.74) is 3.30. The predicted octanol–water partition coefficient (Wildman–Crippen LogP) is 2.97. The lowest BCUT2D eigenvalue weighted by Crippen LogP contribution is -2.37. The summed E-state index contributed by atoms with van der Waals surface area (Å²) < 4.78 is 5.24. The van der Waals surface area contributed by atoms with E-state index < -0.39 is 12.1 Å². The maximum Gasteiger partial charge on any atom is 0.339 e. The molecule has 0 aliphatic carbocycles. The number of amides is 1. The second-order valence-corrected chi connectivity index (χ2v) is 5.29. The third kappa shape index (κ3) is 2.86. The van der Waals surface area contributed by atoms with E-state index in [1.165, 1.54) is 5.56 Å². The third-order valence-corrected chi connectivity index (χ3v) is 3.81. The lowest BCUT2D eigenvalue weighted by Gasteiger charge is -2.23. The number of aryl methyl sites for hydroxylation is 1. The maximum atomic E-state index is 12.3. The first kappa shape index (κ1) is 14.3. The highest BCUT2D eigenvalue weighted by Crippen LogP contribution is 2.21. The fraction of sp³-hybridized carbons (Fsp3) is 0.222. The molecule has 2 aromatic rings. The Hall–Kier alpha value is -2.62. The summed E-state index contributed by atoms with van der Waals surface area (Å²) in [6.45, 7) is 2.08. The van der Waals surface area contributed by atoms with E-state index in [1.54, 1.807) is 12.1 Å². The van der Waals surface area contributed by atoms with E-state index in [-0.39, 0.29) is 5.91 Å². The van der Waals surface area contributed by atoms with Crippen LogP contribution in [0.15, 0.2) is 48.5 Å². The van der Waals surface area contributed by atoms with Gasteiger partial charge in [0, 0.05) is 12.1 Å². The summed E-state index contributed by atoms with van der Waals surface area (Å²) in [4.78, 5) is 24.2. The molecule has 1 heterocycles. The Morgan fingerprint density at radius 2 is 1.91 bits per heavy atom. The van der Waals surface area contributed by atoms with Crippen LogP contribution in [0.1, 0.15) is 28.4 Å². The fourth-order valence-electron chi connectivity index (χ4n) is 2.52. The van der Waals surface area contributed by atoms with Gasteiger partial charge in [0.1, 0.15) is 0 Å². The van der Waals surface area contributed by atoms with E-state index in [0.29, 0.717) is 17.7 Å². The molecule has 0 radical (unpaired) electrons. The summed E-state index contributed by atoms with van der Waals surface area (Å²) in [5, 5.41) is 2.80. The van der Waals surface area contributed by atoms with Crippen LogP contribution in [0.25, 0.3) is 0 Å². The van der Waals surface area contributed by atoms with Crippen molar-refractivity contribution in [3.8, 4) is 0 Å². The van der Waals surface area contributed by atoms with Gasteiger partial charge in [-0.15, -0.1) is 0 Å². The predicted molar refractivity (Wildman–Crippen MR) is 83.8 cm³/mol. The number of carbonyl (C=O) groups is 2. The molecule has 0 fully saturated rings. The van der Waals surface area contributed by atoms with Crippen molar-refractivity contribution >= 4 is 17.6 Å². The molecule has 112 valence electrons. The molecule has 1 amide bonds. The van der Waals surface area contributed by atoms with Gasteiger partial charge in [0.2, 0.25) is 0 Å². The number of rotatable bonds is 3. The van der Waals surface area contributed by atoms with Crippen molar-refractivity contribution < 1.29 is 14.3 Å². The third-order valence-electron chi connectivity index (χ3n) is 3.81. The minimum atomic E-state index is -0.784.